The van der Waals surface area contributed by atoms with E-state index in [0.29, 0.717) is 5.56 Å². The maximum Gasteiger partial charge on any atom is 0.416 e. The van der Waals surface area contributed by atoms with Crippen molar-refractivity contribution in [2.24, 2.45) is 5.73 Å². The largest absolute Gasteiger partial charge is 0.497 e. The maximum absolute atomic E-state index is 12.8. The number of thiophene rings is 1. The molecule has 0 unspecified atom stereocenters. The quantitative estimate of drug-likeness (QED) is 0.916. The van der Waals surface area contributed by atoms with Crippen LogP contribution in [0.15, 0.2) is 35.7 Å². The highest BCUT2D eigenvalue weighted by Crippen LogP contribution is 2.35. The predicted molar refractivity (Wildman–Crippen MR) is 75.6 cm³/mol. The van der Waals surface area contributed by atoms with Crippen LogP contribution < -0.4 is 10.5 Å². The molecule has 20 heavy (non-hydrogen) atoms. The second-order valence-corrected chi connectivity index (χ2v) is 4.96. The zero-order valence-electron chi connectivity index (χ0n) is 10.5. The molecule has 1 heterocycles. The third kappa shape index (κ3) is 3.65. The van der Waals surface area contributed by atoms with Crippen LogP contribution in [-0.4, -0.2) is 7.11 Å². The molecule has 0 aliphatic heterocycles. The van der Waals surface area contributed by atoms with Crippen molar-refractivity contribution in [1.82, 2.24) is 0 Å². The Hall–Kier alpha value is -1.24. The molecule has 0 aliphatic carbocycles. The Morgan fingerprint density at radius 2 is 1.95 bits per heavy atom. The number of ether oxygens (including phenoxy) is 1. The van der Waals surface area contributed by atoms with E-state index in [4.69, 9.17) is 10.5 Å². The summed E-state index contributed by atoms with van der Waals surface area (Å²) in [5.41, 5.74) is 5.61. The molecule has 0 saturated carbocycles. The van der Waals surface area contributed by atoms with Gasteiger partial charge in [-0.15, -0.1) is 23.7 Å². The highest BCUT2D eigenvalue weighted by molar-refractivity contribution is 7.10. The Kier molecular flexibility index (Phi) is 5.44. The lowest BCUT2D eigenvalue weighted by Gasteiger charge is -2.15. The molecule has 0 fully saturated rings. The lowest BCUT2D eigenvalue weighted by Crippen LogP contribution is -2.13. The zero-order valence-corrected chi connectivity index (χ0v) is 12.1. The fourth-order valence-electron chi connectivity index (χ4n) is 1.72. The lowest BCUT2D eigenvalue weighted by molar-refractivity contribution is -0.137. The van der Waals surface area contributed by atoms with Gasteiger partial charge in [-0.2, -0.15) is 13.2 Å². The van der Waals surface area contributed by atoms with Gasteiger partial charge < -0.3 is 10.5 Å². The Balaban J connectivity index is 0.00000200. The van der Waals surface area contributed by atoms with Crippen molar-refractivity contribution >= 4 is 23.7 Å². The van der Waals surface area contributed by atoms with Crippen LogP contribution in [0.5, 0.6) is 5.75 Å². The molecule has 1 atom stereocenters. The normalized spacial score (nSPS) is 12.7. The highest BCUT2D eigenvalue weighted by Gasteiger charge is 2.32. The van der Waals surface area contributed by atoms with E-state index in [1.165, 1.54) is 24.5 Å². The molecular formula is C13H13ClF3NOS. The van der Waals surface area contributed by atoms with Crippen LogP contribution in [0.2, 0.25) is 0 Å². The second kappa shape index (κ2) is 6.47. The van der Waals surface area contributed by atoms with E-state index >= 15 is 0 Å². The number of halogens is 4. The molecule has 1 aromatic heterocycles. The van der Waals surface area contributed by atoms with Crippen molar-refractivity contribution in [1.29, 1.82) is 0 Å². The van der Waals surface area contributed by atoms with Gasteiger partial charge >= 0.3 is 6.18 Å². The molecule has 0 aliphatic rings. The Morgan fingerprint density at radius 1 is 1.25 bits per heavy atom. The summed E-state index contributed by atoms with van der Waals surface area (Å²) in [4.78, 5) is 0.807. The standard InChI is InChI=1S/C13H12F3NOS.ClH/c1-18-10-6-8(5-9(7-10)13(14,15)16)12(17)11-3-2-4-19-11;/h2-7,12H,17H2,1H3;1H/t12-;/m0./s1. The van der Waals surface area contributed by atoms with Crippen molar-refractivity contribution in [3.63, 3.8) is 0 Å². The maximum atomic E-state index is 12.8. The molecule has 0 bridgehead atoms. The van der Waals surface area contributed by atoms with E-state index < -0.39 is 17.8 Å². The minimum absolute atomic E-state index is 0. The van der Waals surface area contributed by atoms with Gasteiger partial charge in [0, 0.05) is 4.88 Å². The molecule has 110 valence electrons. The topological polar surface area (TPSA) is 35.2 Å². The number of hydrogen-bond donors (Lipinski definition) is 1. The summed E-state index contributed by atoms with van der Waals surface area (Å²) < 4.78 is 43.3. The van der Waals surface area contributed by atoms with Crippen molar-refractivity contribution in [2.45, 2.75) is 12.2 Å². The third-order valence-corrected chi connectivity index (χ3v) is 3.66. The van der Waals surface area contributed by atoms with Crippen molar-refractivity contribution in [3.05, 3.63) is 51.7 Å². The number of hydrogen-bond acceptors (Lipinski definition) is 3. The Morgan fingerprint density at radius 3 is 2.45 bits per heavy atom. The average molecular weight is 324 g/mol. The van der Waals surface area contributed by atoms with Gasteiger partial charge in [-0.25, -0.2) is 0 Å². The summed E-state index contributed by atoms with van der Waals surface area (Å²) in [7, 11) is 1.33. The molecule has 0 saturated heterocycles. The molecule has 0 amide bonds. The highest BCUT2D eigenvalue weighted by atomic mass is 35.5. The van der Waals surface area contributed by atoms with Gasteiger partial charge in [-0.05, 0) is 35.2 Å². The van der Waals surface area contributed by atoms with Gasteiger partial charge in [0.25, 0.3) is 0 Å². The van der Waals surface area contributed by atoms with Crippen molar-refractivity contribution in [3.8, 4) is 5.75 Å². The first-order valence-corrected chi connectivity index (χ1v) is 6.35. The van der Waals surface area contributed by atoms with E-state index in [-0.39, 0.29) is 18.2 Å². The number of alkyl halides is 3. The van der Waals surface area contributed by atoms with E-state index in [1.807, 2.05) is 11.4 Å². The number of rotatable bonds is 3. The predicted octanol–water partition coefficient (Wildman–Crippen LogP) is 4.25. The number of nitrogens with two attached hydrogens (primary N) is 1. The van der Waals surface area contributed by atoms with Crippen molar-refractivity contribution in [2.75, 3.05) is 7.11 Å². The van der Waals surface area contributed by atoms with Gasteiger partial charge in [-0.3, -0.25) is 0 Å². The molecule has 1 aromatic carbocycles. The fraction of sp³-hybridized carbons (Fsp3) is 0.231. The van der Waals surface area contributed by atoms with Crippen LogP contribution >= 0.6 is 23.7 Å². The van der Waals surface area contributed by atoms with Gasteiger partial charge in [0.05, 0.1) is 18.7 Å². The summed E-state index contributed by atoms with van der Waals surface area (Å²) >= 11 is 1.41. The first-order chi connectivity index (χ1) is 8.91. The number of benzene rings is 1. The van der Waals surface area contributed by atoms with E-state index in [9.17, 15) is 13.2 Å². The van der Waals surface area contributed by atoms with Crippen LogP contribution in [0.1, 0.15) is 22.0 Å². The van der Waals surface area contributed by atoms with Crippen LogP contribution in [0.3, 0.4) is 0 Å². The second-order valence-electron chi connectivity index (χ2n) is 3.99. The van der Waals surface area contributed by atoms with Gasteiger partial charge in [-0.1, -0.05) is 6.07 Å². The summed E-state index contributed by atoms with van der Waals surface area (Å²) in [6, 6.07) is 6.57. The minimum Gasteiger partial charge on any atom is -0.497 e. The summed E-state index contributed by atoms with van der Waals surface area (Å²) in [5.74, 6) is 0.150. The molecule has 2 N–H and O–H groups in total. The van der Waals surface area contributed by atoms with Crippen LogP contribution in [0.25, 0.3) is 0 Å². The average Bonchev–Trinajstić information content (AvgIpc) is 2.90. The van der Waals surface area contributed by atoms with E-state index in [2.05, 4.69) is 0 Å². The molecule has 7 heteroatoms. The molecule has 2 rings (SSSR count). The van der Waals surface area contributed by atoms with E-state index in [1.54, 1.807) is 6.07 Å². The van der Waals surface area contributed by atoms with Crippen LogP contribution in [0, 0.1) is 0 Å². The van der Waals surface area contributed by atoms with Gasteiger partial charge in [0.2, 0.25) is 0 Å². The molecule has 0 spiro atoms. The summed E-state index contributed by atoms with van der Waals surface area (Å²) in [5, 5.41) is 1.83. The zero-order chi connectivity index (χ0) is 14.0. The van der Waals surface area contributed by atoms with Gasteiger partial charge in [0.1, 0.15) is 5.75 Å². The monoisotopic (exact) mass is 323 g/mol. The SMILES string of the molecule is COc1cc([C@H](N)c2cccs2)cc(C(F)(F)F)c1.Cl. The first-order valence-electron chi connectivity index (χ1n) is 5.47. The minimum atomic E-state index is -4.42. The lowest BCUT2D eigenvalue weighted by atomic mass is 10.0. The van der Waals surface area contributed by atoms with E-state index in [0.717, 1.165) is 17.0 Å². The summed E-state index contributed by atoms with van der Waals surface area (Å²) in [6.45, 7) is 0. The fourth-order valence-corrected chi connectivity index (χ4v) is 2.47. The smallest absolute Gasteiger partial charge is 0.416 e. The van der Waals surface area contributed by atoms with Crippen LogP contribution in [0.4, 0.5) is 13.2 Å². The molecule has 2 aromatic rings. The summed E-state index contributed by atoms with van der Waals surface area (Å²) in [6.07, 6.45) is -4.42. The Bertz CT molecular complexity index is 557. The van der Waals surface area contributed by atoms with Crippen LogP contribution in [-0.2, 0) is 6.18 Å². The molecule has 0 radical (unpaired) electrons. The van der Waals surface area contributed by atoms with Gasteiger partial charge in [0.15, 0.2) is 0 Å². The Labute approximate surface area is 124 Å². The third-order valence-electron chi connectivity index (χ3n) is 2.70. The number of methoxy groups -OCH3 is 1. The molecular weight excluding hydrogens is 311 g/mol. The van der Waals surface area contributed by atoms with Crippen molar-refractivity contribution < 1.29 is 17.9 Å². The first kappa shape index (κ1) is 16.8. The molecule has 2 nitrogen and oxygen atoms in total.